The van der Waals surface area contributed by atoms with Crippen molar-refractivity contribution in [3.63, 3.8) is 0 Å². The number of nitrogens with one attached hydrogen (secondary N) is 1. The maximum absolute atomic E-state index is 11.0. The van der Waals surface area contributed by atoms with Crippen LogP contribution >= 0.6 is 0 Å². The molecule has 0 heterocycles. The molecule has 1 atom stereocenters. The van der Waals surface area contributed by atoms with Crippen LogP contribution in [0.15, 0.2) is 24.3 Å². The summed E-state index contributed by atoms with van der Waals surface area (Å²) < 4.78 is 29.6. The van der Waals surface area contributed by atoms with Gasteiger partial charge >= 0.3 is 0 Å². The molecule has 0 aromatic rings. The molecule has 1 rings (SSSR count). The van der Waals surface area contributed by atoms with Gasteiger partial charge in [-0.3, -0.25) is 0 Å². The molecule has 0 saturated heterocycles. The Morgan fingerprint density at radius 2 is 2.15 bits per heavy atom. The summed E-state index contributed by atoms with van der Waals surface area (Å²) in [7, 11) is -1.78. The lowest BCUT2D eigenvalue weighted by molar-refractivity contribution is 0.0245. The van der Waals surface area contributed by atoms with Crippen LogP contribution in [-0.2, 0) is 14.8 Å². The zero-order valence-electron chi connectivity index (χ0n) is 7.65. The first-order chi connectivity index (χ1) is 5.97. The molecule has 5 heteroatoms. The van der Waals surface area contributed by atoms with Gasteiger partial charge < -0.3 is 4.74 Å². The van der Waals surface area contributed by atoms with Crippen LogP contribution in [0.4, 0.5) is 0 Å². The standard InChI is InChI=1S/C8H13NO3S/c1-12-8(9-13(2,10)11)6-4-3-5-7-8/h3-6,9H,7H2,1-2H3. The number of methoxy groups -OCH3 is 1. The second-order valence-electron chi connectivity index (χ2n) is 2.96. The Bertz CT molecular complexity index is 331. The van der Waals surface area contributed by atoms with E-state index in [2.05, 4.69) is 4.72 Å². The van der Waals surface area contributed by atoms with E-state index in [1.807, 2.05) is 12.2 Å². The van der Waals surface area contributed by atoms with Crippen LogP contribution in [0.2, 0.25) is 0 Å². The van der Waals surface area contributed by atoms with E-state index >= 15 is 0 Å². The fourth-order valence-corrected chi connectivity index (χ4v) is 2.05. The maximum atomic E-state index is 11.0. The highest BCUT2D eigenvalue weighted by Gasteiger charge is 2.29. The lowest BCUT2D eigenvalue weighted by Crippen LogP contribution is -2.48. The van der Waals surface area contributed by atoms with Gasteiger partial charge in [-0.05, 0) is 6.08 Å². The molecule has 0 bridgehead atoms. The number of ether oxygens (including phenoxy) is 1. The summed E-state index contributed by atoms with van der Waals surface area (Å²) in [5, 5.41) is 0. The van der Waals surface area contributed by atoms with Crippen molar-refractivity contribution in [3.8, 4) is 0 Å². The van der Waals surface area contributed by atoms with Crippen LogP contribution in [0.25, 0.3) is 0 Å². The predicted octanol–water partition coefficient (Wildman–Crippen LogP) is 0.394. The quantitative estimate of drug-likeness (QED) is 0.675. The lowest BCUT2D eigenvalue weighted by Gasteiger charge is -2.29. The summed E-state index contributed by atoms with van der Waals surface area (Å²) in [4.78, 5) is 0. The van der Waals surface area contributed by atoms with Crippen molar-refractivity contribution < 1.29 is 13.2 Å². The van der Waals surface area contributed by atoms with Gasteiger partial charge in [-0.25, -0.2) is 8.42 Å². The predicted molar refractivity (Wildman–Crippen MR) is 50.6 cm³/mol. The highest BCUT2D eigenvalue weighted by atomic mass is 32.2. The largest absolute Gasteiger partial charge is 0.359 e. The van der Waals surface area contributed by atoms with Gasteiger partial charge in [-0.1, -0.05) is 18.2 Å². The Balaban J connectivity index is 2.83. The SMILES string of the molecule is COC1(NS(C)(=O)=O)C=CC=CC1. The normalized spacial score (nSPS) is 27.8. The van der Waals surface area contributed by atoms with E-state index in [4.69, 9.17) is 4.74 Å². The van der Waals surface area contributed by atoms with Crippen LogP contribution in [0.3, 0.4) is 0 Å². The average Bonchev–Trinajstić information content (AvgIpc) is 2.03. The van der Waals surface area contributed by atoms with E-state index in [1.54, 1.807) is 12.2 Å². The number of allylic oxidation sites excluding steroid dienone is 2. The molecule has 0 amide bonds. The molecule has 1 unspecified atom stereocenters. The van der Waals surface area contributed by atoms with Crippen LogP contribution < -0.4 is 4.72 Å². The van der Waals surface area contributed by atoms with Crippen LogP contribution in [0, 0.1) is 0 Å². The summed E-state index contributed by atoms with van der Waals surface area (Å²) >= 11 is 0. The van der Waals surface area contributed by atoms with Gasteiger partial charge in [0, 0.05) is 13.5 Å². The first-order valence-corrected chi connectivity index (χ1v) is 5.75. The Morgan fingerprint density at radius 1 is 1.46 bits per heavy atom. The topological polar surface area (TPSA) is 55.4 Å². The monoisotopic (exact) mass is 203 g/mol. The van der Waals surface area contributed by atoms with E-state index in [1.165, 1.54) is 7.11 Å². The fourth-order valence-electron chi connectivity index (χ4n) is 1.18. The number of hydrogen-bond donors (Lipinski definition) is 1. The van der Waals surface area contributed by atoms with Crippen molar-refractivity contribution in [1.82, 2.24) is 4.72 Å². The number of hydrogen-bond acceptors (Lipinski definition) is 3. The van der Waals surface area contributed by atoms with Gasteiger partial charge in [0.1, 0.15) is 0 Å². The van der Waals surface area contributed by atoms with Crippen molar-refractivity contribution in [2.24, 2.45) is 0 Å². The van der Waals surface area contributed by atoms with Crippen molar-refractivity contribution >= 4 is 10.0 Å². The van der Waals surface area contributed by atoms with Gasteiger partial charge in [0.05, 0.1) is 6.26 Å². The van der Waals surface area contributed by atoms with Gasteiger partial charge in [-0.15, -0.1) is 0 Å². The Hall–Kier alpha value is -0.650. The number of rotatable bonds is 3. The molecule has 74 valence electrons. The molecule has 4 nitrogen and oxygen atoms in total. The van der Waals surface area contributed by atoms with E-state index in [9.17, 15) is 8.42 Å². The summed E-state index contributed by atoms with van der Waals surface area (Å²) in [6.45, 7) is 0. The second-order valence-corrected chi connectivity index (χ2v) is 4.71. The molecule has 1 aliphatic carbocycles. The zero-order valence-corrected chi connectivity index (χ0v) is 8.47. The minimum atomic E-state index is -3.25. The zero-order chi connectivity index (χ0) is 9.95. The van der Waals surface area contributed by atoms with Crippen molar-refractivity contribution in [1.29, 1.82) is 0 Å². The Labute approximate surface area is 78.3 Å². The van der Waals surface area contributed by atoms with Gasteiger partial charge in [0.2, 0.25) is 10.0 Å². The van der Waals surface area contributed by atoms with E-state index in [-0.39, 0.29) is 0 Å². The third-order valence-corrected chi connectivity index (χ3v) is 2.47. The molecule has 13 heavy (non-hydrogen) atoms. The molecule has 0 spiro atoms. The highest BCUT2D eigenvalue weighted by molar-refractivity contribution is 7.88. The molecule has 0 saturated carbocycles. The average molecular weight is 203 g/mol. The molecule has 0 aliphatic heterocycles. The molecular formula is C8H13NO3S. The van der Waals surface area contributed by atoms with E-state index in [0.29, 0.717) is 6.42 Å². The molecule has 0 fully saturated rings. The van der Waals surface area contributed by atoms with Gasteiger partial charge in [0.15, 0.2) is 5.72 Å². The third-order valence-electron chi connectivity index (χ3n) is 1.76. The molecular weight excluding hydrogens is 190 g/mol. The van der Waals surface area contributed by atoms with Crippen LogP contribution in [0.1, 0.15) is 6.42 Å². The lowest BCUT2D eigenvalue weighted by atomic mass is 10.1. The molecule has 1 N–H and O–H groups in total. The van der Waals surface area contributed by atoms with Crippen molar-refractivity contribution in [2.75, 3.05) is 13.4 Å². The molecule has 0 aromatic heterocycles. The highest BCUT2D eigenvalue weighted by Crippen LogP contribution is 2.18. The summed E-state index contributed by atoms with van der Waals surface area (Å²) in [6, 6.07) is 0. The smallest absolute Gasteiger partial charge is 0.211 e. The Morgan fingerprint density at radius 3 is 2.54 bits per heavy atom. The van der Waals surface area contributed by atoms with Crippen LogP contribution in [-0.4, -0.2) is 27.5 Å². The van der Waals surface area contributed by atoms with Crippen LogP contribution in [0.5, 0.6) is 0 Å². The number of sulfonamides is 1. The summed E-state index contributed by atoms with van der Waals surface area (Å²) in [6.07, 6.45) is 8.76. The molecule has 0 radical (unpaired) electrons. The fraction of sp³-hybridized carbons (Fsp3) is 0.500. The van der Waals surface area contributed by atoms with Gasteiger partial charge in [0.25, 0.3) is 0 Å². The molecule has 1 aliphatic rings. The van der Waals surface area contributed by atoms with E-state index in [0.717, 1.165) is 6.26 Å². The first kappa shape index (κ1) is 10.4. The second kappa shape index (κ2) is 3.61. The Kier molecular flexibility index (Phi) is 2.90. The summed E-state index contributed by atoms with van der Waals surface area (Å²) in [5.74, 6) is 0. The van der Waals surface area contributed by atoms with E-state index < -0.39 is 15.7 Å². The van der Waals surface area contributed by atoms with Crippen molar-refractivity contribution in [3.05, 3.63) is 24.3 Å². The third kappa shape index (κ3) is 2.95. The first-order valence-electron chi connectivity index (χ1n) is 3.86. The summed E-state index contributed by atoms with van der Waals surface area (Å²) in [5.41, 5.74) is -0.900. The minimum absolute atomic E-state index is 0.507. The maximum Gasteiger partial charge on any atom is 0.211 e. The molecule has 0 aromatic carbocycles. The minimum Gasteiger partial charge on any atom is -0.359 e. The van der Waals surface area contributed by atoms with Gasteiger partial charge in [-0.2, -0.15) is 4.72 Å². The van der Waals surface area contributed by atoms with Crippen molar-refractivity contribution in [2.45, 2.75) is 12.1 Å².